The molecule has 1 amide bonds. The van der Waals surface area contributed by atoms with Gasteiger partial charge in [0.1, 0.15) is 0 Å². The number of rotatable bonds is 2. The minimum atomic E-state index is -0.185. The van der Waals surface area contributed by atoms with Gasteiger partial charge in [-0.1, -0.05) is 41.4 Å². The molecule has 2 aromatic rings. The average molecular weight is 377 g/mol. The number of carbonyl (C=O) groups is 1. The van der Waals surface area contributed by atoms with E-state index in [4.69, 9.17) is 23.2 Å². The van der Waals surface area contributed by atoms with Gasteiger partial charge >= 0.3 is 0 Å². The summed E-state index contributed by atoms with van der Waals surface area (Å²) < 4.78 is 0. The highest BCUT2D eigenvalue weighted by Gasteiger charge is 2.24. The number of carbonyl (C=O) groups excluding carboxylic acids is 1. The van der Waals surface area contributed by atoms with E-state index in [1.165, 1.54) is 11.8 Å². The molecule has 0 aromatic heterocycles. The summed E-state index contributed by atoms with van der Waals surface area (Å²) in [5.41, 5.74) is 3.77. The molecule has 0 aliphatic carbocycles. The van der Waals surface area contributed by atoms with Crippen molar-refractivity contribution in [2.75, 3.05) is 0 Å². The monoisotopic (exact) mass is 376 g/mol. The van der Waals surface area contributed by atoms with Gasteiger partial charge in [0.05, 0.1) is 10.6 Å². The van der Waals surface area contributed by atoms with Crippen LogP contribution in [-0.2, 0) is 4.79 Å². The lowest BCUT2D eigenvalue weighted by atomic mass is 10.1. The van der Waals surface area contributed by atoms with Crippen molar-refractivity contribution >= 4 is 57.8 Å². The number of nitrogens with one attached hydrogen (secondary N) is 1. The summed E-state index contributed by atoms with van der Waals surface area (Å²) in [5, 5.41) is 4.41. The maximum absolute atomic E-state index is 12.2. The molecule has 24 heavy (non-hydrogen) atoms. The zero-order valence-electron chi connectivity index (χ0n) is 13.1. The van der Waals surface area contributed by atoms with Crippen molar-refractivity contribution in [3.05, 3.63) is 68.0 Å². The Morgan fingerprint density at radius 1 is 1.12 bits per heavy atom. The van der Waals surface area contributed by atoms with Crippen LogP contribution in [0.1, 0.15) is 16.7 Å². The smallest absolute Gasteiger partial charge is 0.264 e. The number of aliphatic imine (C=N–C) groups is 1. The molecule has 1 fully saturated rings. The zero-order chi connectivity index (χ0) is 17.3. The number of amides is 1. The van der Waals surface area contributed by atoms with Crippen molar-refractivity contribution in [1.29, 1.82) is 0 Å². The number of hydrogen-bond donors (Lipinski definition) is 1. The quantitative estimate of drug-likeness (QED) is 0.702. The molecule has 3 nitrogen and oxygen atoms in total. The van der Waals surface area contributed by atoms with E-state index in [0.717, 1.165) is 22.4 Å². The van der Waals surface area contributed by atoms with Crippen molar-refractivity contribution in [3.63, 3.8) is 0 Å². The average Bonchev–Trinajstić information content (AvgIpc) is 2.85. The van der Waals surface area contributed by atoms with E-state index in [2.05, 4.69) is 10.3 Å². The van der Waals surface area contributed by atoms with E-state index in [-0.39, 0.29) is 5.91 Å². The number of aryl methyl sites for hydroxylation is 2. The summed E-state index contributed by atoms with van der Waals surface area (Å²) in [7, 11) is 0. The molecule has 1 aliphatic heterocycles. The minimum absolute atomic E-state index is 0.185. The fraction of sp³-hybridized carbons (Fsp3) is 0.111. The van der Waals surface area contributed by atoms with Gasteiger partial charge in [0.2, 0.25) is 0 Å². The second kappa shape index (κ2) is 7.01. The van der Waals surface area contributed by atoms with Crippen LogP contribution >= 0.6 is 35.0 Å². The number of amidine groups is 1. The minimum Gasteiger partial charge on any atom is -0.300 e. The van der Waals surface area contributed by atoms with Crippen molar-refractivity contribution < 1.29 is 4.79 Å². The molecule has 6 heteroatoms. The first-order valence-electron chi connectivity index (χ1n) is 7.24. The van der Waals surface area contributed by atoms with Gasteiger partial charge in [-0.3, -0.25) is 4.79 Å². The zero-order valence-corrected chi connectivity index (χ0v) is 15.4. The van der Waals surface area contributed by atoms with Gasteiger partial charge in [0, 0.05) is 10.0 Å². The lowest BCUT2D eigenvalue weighted by Gasteiger charge is -2.02. The van der Waals surface area contributed by atoms with Crippen LogP contribution in [0.2, 0.25) is 10.0 Å². The maximum Gasteiger partial charge on any atom is 0.264 e. The lowest BCUT2D eigenvalue weighted by Crippen LogP contribution is -2.19. The van der Waals surface area contributed by atoms with Gasteiger partial charge in [-0.25, -0.2) is 4.99 Å². The molecule has 2 aromatic carbocycles. The Balaban J connectivity index is 1.89. The molecule has 1 saturated heterocycles. The highest BCUT2D eigenvalue weighted by Crippen LogP contribution is 2.31. The van der Waals surface area contributed by atoms with E-state index in [1.54, 1.807) is 24.3 Å². The first kappa shape index (κ1) is 17.1. The molecule has 1 aliphatic rings. The summed E-state index contributed by atoms with van der Waals surface area (Å²) in [6.07, 6.45) is 1.74. The molecule has 122 valence electrons. The van der Waals surface area contributed by atoms with Crippen LogP contribution in [-0.4, -0.2) is 11.1 Å². The predicted molar refractivity (Wildman–Crippen MR) is 103 cm³/mol. The fourth-order valence-electron chi connectivity index (χ4n) is 2.19. The molecule has 0 unspecified atom stereocenters. The Morgan fingerprint density at radius 3 is 2.67 bits per heavy atom. The van der Waals surface area contributed by atoms with E-state index in [9.17, 15) is 4.79 Å². The molecular formula is C18H14Cl2N2OS. The molecular weight excluding hydrogens is 363 g/mol. The number of hydrogen-bond acceptors (Lipinski definition) is 3. The van der Waals surface area contributed by atoms with Crippen molar-refractivity contribution in [1.82, 2.24) is 5.32 Å². The van der Waals surface area contributed by atoms with E-state index in [1.807, 2.05) is 32.0 Å². The largest absolute Gasteiger partial charge is 0.300 e. The molecule has 0 bridgehead atoms. The number of thioether (sulfide) groups is 1. The number of halogens is 2. The summed E-state index contributed by atoms with van der Waals surface area (Å²) in [5.74, 6) is -0.185. The molecule has 0 saturated carbocycles. The van der Waals surface area contributed by atoms with Crippen LogP contribution in [0.15, 0.2) is 46.3 Å². The Morgan fingerprint density at radius 2 is 1.92 bits per heavy atom. The second-order valence-corrected chi connectivity index (χ2v) is 7.31. The van der Waals surface area contributed by atoms with Gasteiger partial charge in [-0.15, -0.1) is 0 Å². The van der Waals surface area contributed by atoms with Crippen LogP contribution in [0.4, 0.5) is 5.69 Å². The van der Waals surface area contributed by atoms with E-state index in [0.29, 0.717) is 20.1 Å². The third-order valence-corrected chi connectivity index (χ3v) is 4.96. The van der Waals surface area contributed by atoms with Crippen LogP contribution in [0.25, 0.3) is 6.08 Å². The van der Waals surface area contributed by atoms with Gasteiger partial charge in [0.25, 0.3) is 5.91 Å². The molecule has 3 rings (SSSR count). The third-order valence-electron chi connectivity index (χ3n) is 3.49. The van der Waals surface area contributed by atoms with Crippen LogP contribution < -0.4 is 5.32 Å². The summed E-state index contributed by atoms with van der Waals surface area (Å²) in [6.45, 7) is 4.00. The Labute approximate surface area is 154 Å². The number of nitrogens with zero attached hydrogens (tertiary/aromatic N) is 1. The SMILES string of the molecule is Cc1ccc(C)c(N=C2NC(=O)/C(=C/c3ccc(Cl)cc3Cl)S2)c1. The Kier molecular flexibility index (Phi) is 4.99. The van der Waals surface area contributed by atoms with Gasteiger partial charge in [0.15, 0.2) is 5.17 Å². The van der Waals surface area contributed by atoms with Crippen LogP contribution in [0, 0.1) is 13.8 Å². The Bertz CT molecular complexity index is 891. The maximum atomic E-state index is 12.2. The predicted octanol–water partition coefficient (Wildman–Crippen LogP) is 5.50. The van der Waals surface area contributed by atoms with Gasteiger partial charge in [-0.05, 0) is 66.6 Å². The molecule has 1 N–H and O–H groups in total. The molecule has 0 spiro atoms. The molecule has 0 atom stereocenters. The molecule has 0 radical (unpaired) electrons. The summed E-state index contributed by atoms with van der Waals surface area (Å²) in [4.78, 5) is 17.3. The standard InChI is InChI=1S/C18H14Cl2N2OS/c1-10-3-4-11(2)15(7-10)21-18-22-17(23)16(24-18)8-12-5-6-13(19)9-14(12)20/h3-9H,1-2H3,(H,21,22,23)/b16-8-. The Hall–Kier alpha value is -1.75. The first-order chi connectivity index (χ1) is 11.4. The third kappa shape index (κ3) is 3.83. The van der Waals surface area contributed by atoms with Crippen LogP contribution in [0.3, 0.4) is 0 Å². The van der Waals surface area contributed by atoms with E-state index >= 15 is 0 Å². The highest BCUT2D eigenvalue weighted by atomic mass is 35.5. The van der Waals surface area contributed by atoms with Crippen molar-refractivity contribution in [3.8, 4) is 0 Å². The molecule has 1 heterocycles. The summed E-state index contributed by atoms with van der Waals surface area (Å²) in [6, 6.07) is 11.2. The summed E-state index contributed by atoms with van der Waals surface area (Å²) >= 11 is 13.3. The first-order valence-corrected chi connectivity index (χ1v) is 8.81. The highest BCUT2D eigenvalue weighted by molar-refractivity contribution is 8.18. The van der Waals surface area contributed by atoms with Crippen molar-refractivity contribution in [2.24, 2.45) is 4.99 Å². The van der Waals surface area contributed by atoms with Gasteiger partial charge < -0.3 is 5.32 Å². The van der Waals surface area contributed by atoms with Crippen LogP contribution in [0.5, 0.6) is 0 Å². The topological polar surface area (TPSA) is 41.5 Å². The van der Waals surface area contributed by atoms with Gasteiger partial charge in [-0.2, -0.15) is 0 Å². The number of benzene rings is 2. The fourth-order valence-corrected chi connectivity index (χ4v) is 3.48. The normalized spacial score (nSPS) is 17.6. The lowest BCUT2D eigenvalue weighted by molar-refractivity contribution is -0.115. The van der Waals surface area contributed by atoms with E-state index < -0.39 is 0 Å². The van der Waals surface area contributed by atoms with Crippen molar-refractivity contribution in [2.45, 2.75) is 13.8 Å². The second-order valence-electron chi connectivity index (χ2n) is 5.44.